The normalized spacial score (nSPS) is 27.4. The molecule has 5 nitrogen and oxygen atoms in total. The van der Waals surface area contributed by atoms with Crippen molar-refractivity contribution in [2.24, 2.45) is 17.8 Å². The van der Waals surface area contributed by atoms with Crippen LogP contribution in [0.1, 0.15) is 49.9 Å². The van der Waals surface area contributed by atoms with Crippen LogP contribution in [0.3, 0.4) is 0 Å². The lowest BCUT2D eigenvalue weighted by molar-refractivity contribution is -0.128. The monoisotopic (exact) mass is 381 g/mol. The smallest absolute Gasteiger partial charge is 0.224 e. The molecular formula is C23H31N3O2. The van der Waals surface area contributed by atoms with Gasteiger partial charge in [0.25, 0.3) is 0 Å². The summed E-state index contributed by atoms with van der Waals surface area (Å²) in [7, 11) is 1.70. The van der Waals surface area contributed by atoms with E-state index in [-0.39, 0.29) is 17.9 Å². The minimum Gasteiger partial charge on any atom is -0.497 e. The highest BCUT2D eigenvalue weighted by Gasteiger charge is 2.51. The highest BCUT2D eigenvalue weighted by atomic mass is 16.5. The van der Waals surface area contributed by atoms with E-state index in [0.717, 1.165) is 11.6 Å². The summed E-state index contributed by atoms with van der Waals surface area (Å²) in [6.45, 7) is 4.66. The van der Waals surface area contributed by atoms with E-state index in [1.54, 1.807) is 13.3 Å². The van der Waals surface area contributed by atoms with Crippen molar-refractivity contribution in [2.45, 2.75) is 58.0 Å². The molecule has 1 aromatic heterocycles. The molecule has 2 aliphatic rings. The minimum absolute atomic E-state index is 0.0768. The first-order chi connectivity index (χ1) is 13.6. The number of rotatable bonds is 6. The van der Waals surface area contributed by atoms with Gasteiger partial charge in [-0.05, 0) is 49.3 Å². The number of hydrogen-bond acceptors (Lipinski definition) is 3. The van der Waals surface area contributed by atoms with Gasteiger partial charge < -0.3 is 14.6 Å². The largest absolute Gasteiger partial charge is 0.497 e. The Kier molecular flexibility index (Phi) is 5.42. The third-order valence-corrected chi connectivity index (χ3v) is 6.84. The highest BCUT2D eigenvalue weighted by molar-refractivity contribution is 5.79. The number of ether oxygens (including phenoxy) is 1. The number of nitrogens with one attached hydrogen (secondary N) is 1. The van der Waals surface area contributed by atoms with E-state index in [1.165, 1.54) is 31.2 Å². The molecule has 2 saturated carbocycles. The minimum atomic E-state index is -0.0768. The van der Waals surface area contributed by atoms with Gasteiger partial charge in [0.05, 0.1) is 13.0 Å². The van der Waals surface area contributed by atoms with E-state index in [4.69, 9.17) is 4.74 Å². The fourth-order valence-electron chi connectivity index (χ4n) is 5.23. The van der Waals surface area contributed by atoms with E-state index in [1.807, 2.05) is 32.2 Å². The van der Waals surface area contributed by atoms with Crippen molar-refractivity contribution >= 4 is 5.91 Å². The molecule has 0 bridgehead atoms. The van der Waals surface area contributed by atoms with Gasteiger partial charge in [-0.1, -0.05) is 31.9 Å². The average Bonchev–Trinajstić information content (AvgIpc) is 3.11. The predicted molar refractivity (Wildman–Crippen MR) is 109 cm³/mol. The molecule has 2 aromatic rings. The van der Waals surface area contributed by atoms with Crippen LogP contribution < -0.4 is 10.1 Å². The van der Waals surface area contributed by atoms with Crippen LogP contribution in [0.15, 0.2) is 36.7 Å². The summed E-state index contributed by atoms with van der Waals surface area (Å²) in [5.41, 5.74) is 1.33. The number of fused-ring (bicyclic) bond motifs is 1. The molecule has 4 rings (SSSR count). The number of carbonyl (C=O) groups excluding carboxylic acids is 1. The number of hydrogen-bond donors (Lipinski definition) is 1. The Morgan fingerprint density at radius 3 is 2.61 bits per heavy atom. The van der Waals surface area contributed by atoms with E-state index in [2.05, 4.69) is 27.0 Å². The third-order valence-electron chi connectivity index (χ3n) is 6.84. The average molecular weight is 382 g/mol. The molecule has 28 heavy (non-hydrogen) atoms. The lowest BCUT2D eigenvalue weighted by Crippen LogP contribution is -2.60. The molecule has 1 aromatic carbocycles. The molecule has 0 aliphatic heterocycles. The molecule has 5 heteroatoms. The van der Waals surface area contributed by atoms with E-state index in [0.29, 0.717) is 24.3 Å². The van der Waals surface area contributed by atoms with Crippen LogP contribution >= 0.6 is 0 Å². The fraction of sp³-hybridized carbons (Fsp3) is 0.565. The van der Waals surface area contributed by atoms with Gasteiger partial charge in [-0.3, -0.25) is 4.79 Å². The first kappa shape index (κ1) is 19.0. The molecular weight excluding hydrogens is 350 g/mol. The molecule has 1 N–H and O–H groups in total. The van der Waals surface area contributed by atoms with Crippen molar-refractivity contribution < 1.29 is 9.53 Å². The number of imidazole rings is 1. The van der Waals surface area contributed by atoms with Gasteiger partial charge in [0.2, 0.25) is 5.91 Å². The first-order valence-corrected chi connectivity index (χ1v) is 10.5. The van der Waals surface area contributed by atoms with Crippen molar-refractivity contribution in [3.8, 4) is 5.75 Å². The molecule has 0 unspecified atom stereocenters. The fourth-order valence-corrected chi connectivity index (χ4v) is 5.23. The van der Waals surface area contributed by atoms with Crippen LogP contribution in [0.2, 0.25) is 0 Å². The Labute approximate surface area is 167 Å². The maximum absolute atomic E-state index is 13.0. The quantitative estimate of drug-likeness (QED) is 0.825. The van der Waals surface area contributed by atoms with Crippen molar-refractivity contribution in [1.82, 2.24) is 14.9 Å². The van der Waals surface area contributed by atoms with E-state index in [9.17, 15) is 4.79 Å². The Hall–Kier alpha value is -2.30. The van der Waals surface area contributed by atoms with Gasteiger partial charge in [0.15, 0.2) is 0 Å². The maximum Gasteiger partial charge on any atom is 0.224 e. The Morgan fingerprint density at radius 2 is 1.96 bits per heavy atom. The predicted octanol–water partition coefficient (Wildman–Crippen LogP) is 3.92. The molecule has 1 heterocycles. The molecule has 1 amide bonds. The summed E-state index contributed by atoms with van der Waals surface area (Å²) >= 11 is 0. The second kappa shape index (κ2) is 7.98. The second-order valence-electron chi connectivity index (χ2n) is 8.47. The highest BCUT2D eigenvalue weighted by Crippen LogP contribution is 2.54. The van der Waals surface area contributed by atoms with Gasteiger partial charge in [-0.2, -0.15) is 0 Å². The van der Waals surface area contributed by atoms with E-state index >= 15 is 0 Å². The molecule has 2 aliphatic carbocycles. The van der Waals surface area contributed by atoms with E-state index < -0.39 is 0 Å². The number of carbonyl (C=O) groups is 1. The van der Waals surface area contributed by atoms with Gasteiger partial charge in [-0.15, -0.1) is 0 Å². The zero-order valence-electron chi connectivity index (χ0n) is 17.1. The maximum atomic E-state index is 13.0. The number of amides is 1. The summed E-state index contributed by atoms with van der Waals surface area (Å²) < 4.78 is 7.36. The molecule has 2 fully saturated rings. The zero-order chi connectivity index (χ0) is 19.7. The number of benzene rings is 1. The van der Waals surface area contributed by atoms with Gasteiger partial charge in [0.1, 0.15) is 11.6 Å². The third kappa shape index (κ3) is 3.54. The van der Waals surface area contributed by atoms with Gasteiger partial charge in [0, 0.05) is 30.9 Å². The van der Waals surface area contributed by atoms with Gasteiger partial charge >= 0.3 is 0 Å². The van der Waals surface area contributed by atoms with Crippen molar-refractivity contribution in [2.75, 3.05) is 7.11 Å². The number of nitrogens with zero attached hydrogens (tertiary/aromatic N) is 2. The lowest BCUT2D eigenvalue weighted by atomic mass is 9.53. The molecule has 0 saturated heterocycles. The van der Waals surface area contributed by atoms with Crippen molar-refractivity contribution in [3.63, 3.8) is 0 Å². The summed E-state index contributed by atoms with van der Waals surface area (Å²) in [6.07, 6.45) is 8.84. The number of methoxy groups -OCH3 is 1. The second-order valence-corrected chi connectivity index (χ2v) is 8.47. The first-order valence-electron chi connectivity index (χ1n) is 10.5. The Morgan fingerprint density at radius 1 is 1.25 bits per heavy atom. The summed E-state index contributed by atoms with van der Waals surface area (Å²) in [5.74, 6) is 3.64. The SMILES string of the molecule is COc1ccc([C@H]2[C@H]3CCCC[C@@H]3[C@@H]2NC(=O)[C@@H](C)Cn2ccnc2C)cc1. The van der Waals surface area contributed by atoms with Crippen molar-refractivity contribution in [1.29, 1.82) is 0 Å². The summed E-state index contributed by atoms with van der Waals surface area (Å²) in [5, 5.41) is 3.42. The topological polar surface area (TPSA) is 56.1 Å². The van der Waals surface area contributed by atoms with Crippen LogP contribution in [-0.4, -0.2) is 28.6 Å². The van der Waals surface area contributed by atoms with Crippen LogP contribution in [0.5, 0.6) is 5.75 Å². The van der Waals surface area contributed by atoms with Crippen LogP contribution in [0.25, 0.3) is 0 Å². The summed E-state index contributed by atoms with van der Waals surface area (Å²) in [4.78, 5) is 17.2. The Balaban J connectivity index is 1.47. The Bertz CT molecular complexity index is 814. The molecule has 0 radical (unpaired) electrons. The van der Waals surface area contributed by atoms with Crippen LogP contribution in [0, 0.1) is 24.7 Å². The zero-order valence-corrected chi connectivity index (χ0v) is 17.1. The number of aromatic nitrogens is 2. The molecule has 5 atom stereocenters. The van der Waals surface area contributed by atoms with Gasteiger partial charge in [-0.25, -0.2) is 4.98 Å². The van der Waals surface area contributed by atoms with Crippen LogP contribution in [-0.2, 0) is 11.3 Å². The molecule has 150 valence electrons. The van der Waals surface area contributed by atoms with Crippen LogP contribution in [0.4, 0.5) is 0 Å². The molecule has 0 spiro atoms. The number of aryl methyl sites for hydroxylation is 1. The standard InChI is InChI=1S/C23H31N3O2/c1-15(14-26-13-12-24-16(26)2)23(27)25-22-20-7-5-4-6-19(20)21(22)17-8-10-18(28-3)11-9-17/h8-13,15,19-22H,4-7,14H2,1-3H3,(H,25,27)/t15-,19-,20-,21-,22-/m0/s1. The lowest BCUT2D eigenvalue weighted by Gasteiger charge is -2.55. The van der Waals surface area contributed by atoms with Crippen molar-refractivity contribution in [3.05, 3.63) is 48.0 Å². The summed E-state index contributed by atoms with van der Waals surface area (Å²) in [6, 6.07) is 8.67.